The van der Waals surface area contributed by atoms with Crippen LogP contribution in [-0.4, -0.2) is 36.1 Å². The van der Waals surface area contributed by atoms with Crippen LogP contribution in [0.4, 0.5) is 10.2 Å². The third-order valence-electron chi connectivity index (χ3n) is 4.33. The first-order chi connectivity index (χ1) is 13.5. The van der Waals surface area contributed by atoms with E-state index in [1.54, 1.807) is 29.1 Å². The number of nitrogens with one attached hydrogen (secondary N) is 1. The minimum absolute atomic E-state index is 0.210. The minimum Gasteiger partial charge on any atom is -0.367 e. The zero-order chi connectivity index (χ0) is 19.7. The van der Waals surface area contributed by atoms with Gasteiger partial charge in [-0.3, -0.25) is 9.48 Å². The molecule has 0 radical (unpaired) electrons. The third-order valence-corrected chi connectivity index (χ3v) is 4.33. The van der Waals surface area contributed by atoms with Gasteiger partial charge in [0, 0.05) is 25.2 Å². The number of fused-ring (bicyclic) bond motifs is 1. The normalized spacial score (nSPS) is 11.1. The van der Waals surface area contributed by atoms with E-state index in [1.165, 1.54) is 22.9 Å². The maximum Gasteiger partial charge on any atom is 0.266 e. The van der Waals surface area contributed by atoms with Crippen LogP contribution in [0.1, 0.15) is 5.82 Å². The maximum absolute atomic E-state index is 13.1. The Morgan fingerprint density at radius 3 is 2.68 bits per heavy atom. The largest absolute Gasteiger partial charge is 0.367 e. The Balaban J connectivity index is 1.53. The summed E-state index contributed by atoms with van der Waals surface area (Å²) < 4.78 is 16.2. The van der Waals surface area contributed by atoms with Crippen LogP contribution < -0.4 is 10.9 Å². The Bertz CT molecular complexity index is 1200. The number of aryl methyl sites for hydroxylation is 2. The van der Waals surface area contributed by atoms with Crippen molar-refractivity contribution in [2.45, 2.75) is 13.5 Å². The number of nitrogens with zero attached hydrogens (tertiary/aromatic N) is 6. The summed E-state index contributed by atoms with van der Waals surface area (Å²) in [5.41, 5.74) is 1.88. The highest BCUT2D eigenvalue weighted by Crippen LogP contribution is 2.19. The quantitative estimate of drug-likeness (QED) is 0.571. The summed E-state index contributed by atoms with van der Waals surface area (Å²) in [6, 6.07) is 9.09. The first kappa shape index (κ1) is 17.8. The Hall–Kier alpha value is -3.62. The van der Waals surface area contributed by atoms with Crippen LogP contribution in [0.3, 0.4) is 0 Å². The molecule has 0 aliphatic rings. The highest BCUT2D eigenvalue weighted by molar-refractivity contribution is 5.86. The maximum atomic E-state index is 13.1. The van der Waals surface area contributed by atoms with E-state index in [0.29, 0.717) is 30.4 Å². The van der Waals surface area contributed by atoms with E-state index in [9.17, 15) is 9.18 Å². The van der Waals surface area contributed by atoms with Crippen molar-refractivity contribution in [3.8, 4) is 11.3 Å². The molecule has 28 heavy (non-hydrogen) atoms. The Morgan fingerprint density at radius 1 is 1.11 bits per heavy atom. The van der Waals surface area contributed by atoms with E-state index >= 15 is 0 Å². The number of hydrogen-bond donors (Lipinski definition) is 1. The van der Waals surface area contributed by atoms with Crippen molar-refractivity contribution in [3.05, 3.63) is 64.6 Å². The molecule has 0 unspecified atom stereocenters. The lowest BCUT2D eigenvalue weighted by Gasteiger charge is -2.10. The molecule has 8 nitrogen and oxygen atoms in total. The fraction of sp³-hybridized carbons (Fsp3) is 0.211. The van der Waals surface area contributed by atoms with Crippen molar-refractivity contribution >= 4 is 16.9 Å². The summed E-state index contributed by atoms with van der Waals surface area (Å²) in [6.45, 7) is 2.61. The molecule has 0 atom stereocenters. The number of halogens is 1. The van der Waals surface area contributed by atoms with E-state index in [0.717, 1.165) is 16.6 Å². The van der Waals surface area contributed by atoms with Gasteiger partial charge in [0.05, 0.1) is 23.8 Å². The molecule has 0 saturated heterocycles. The smallest absolute Gasteiger partial charge is 0.266 e. The molecule has 3 aromatic heterocycles. The van der Waals surface area contributed by atoms with Gasteiger partial charge in [0.15, 0.2) is 5.65 Å². The topological polar surface area (TPSA) is 90.5 Å². The summed E-state index contributed by atoms with van der Waals surface area (Å²) in [6.07, 6.45) is 1.71. The second-order valence-electron chi connectivity index (χ2n) is 6.34. The second-order valence-corrected chi connectivity index (χ2v) is 6.34. The van der Waals surface area contributed by atoms with Gasteiger partial charge in [0.2, 0.25) is 0 Å². The Morgan fingerprint density at radius 2 is 1.89 bits per heavy atom. The summed E-state index contributed by atoms with van der Waals surface area (Å²) in [5, 5.41) is 12.6. The molecule has 142 valence electrons. The average Bonchev–Trinajstić information content (AvgIpc) is 3.05. The van der Waals surface area contributed by atoms with Gasteiger partial charge in [-0.2, -0.15) is 10.2 Å². The zero-order valence-electron chi connectivity index (χ0n) is 15.4. The number of hydrogen-bond acceptors (Lipinski definition) is 6. The van der Waals surface area contributed by atoms with Gasteiger partial charge in [0.25, 0.3) is 5.56 Å². The fourth-order valence-electron chi connectivity index (χ4n) is 2.93. The summed E-state index contributed by atoms with van der Waals surface area (Å²) in [7, 11) is 1.82. The number of anilines is 1. The molecule has 9 heteroatoms. The van der Waals surface area contributed by atoms with Crippen molar-refractivity contribution in [1.82, 2.24) is 29.5 Å². The van der Waals surface area contributed by atoms with Gasteiger partial charge in [0.1, 0.15) is 17.5 Å². The molecule has 1 aromatic carbocycles. The lowest BCUT2D eigenvalue weighted by atomic mass is 10.1. The standard InChI is InChI=1S/C19H18FN7O/c1-12-23-18(15-11-22-26(2)19(15)24-12)21-9-10-27-17(28)8-7-16(25-27)13-3-5-14(20)6-4-13/h3-8,11H,9-10H2,1-2H3,(H,21,23,24). The third kappa shape index (κ3) is 3.46. The highest BCUT2D eigenvalue weighted by atomic mass is 19.1. The molecule has 1 N–H and O–H groups in total. The minimum atomic E-state index is -0.317. The molecule has 0 saturated carbocycles. The van der Waals surface area contributed by atoms with Gasteiger partial charge < -0.3 is 5.32 Å². The van der Waals surface area contributed by atoms with E-state index < -0.39 is 0 Å². The van der Waals surface area contributed by atoms with Crippen molar-refractivity contribution in [2.75, 3.05) is 11.9 Å². The molecule has 0 aliphatic carbocycles. The first-order valence-corrected chi connectivity index (χ1v) is 8.75. The fourth-order valence-corrected chi connectivity index (χ4v) is 2.93. The van der Waals surface area contributed by atoms with Crippen LogP contribution in [0, 0.1) is 12.7 Å². The van der Waals surface area contributed by atoms with E-state index in [-0.39, 0.29) is 11.4 Å². The van der Waals surface area contributed by atoms with Crippen molar-refractivity contribution in [3.63, 3.8) is 0 Å². The molecule has 0 amide bonds. The molecule has 0 aliphatic heterocycles. The van der Waals surface area contributed by atoms with Crippen LogP contribution in [0.2, 0.25) is 0 Å². The molecule has 0 bridgehead atoms. The summed E-state index contributed by atoms with van der Waals surface area (Å²) >= 11 is 0. The second kappa shape index (κ2) is 7.18. The van der Waals surface area contributed by atoms with Crippen LogP contribution in [0.25, 0.3) is 22.3 Å². The summed E-state index contributed by atoms with van der Waals surface area (Å²) in [5.74, 6) is 0.980. The summed E-state index contributed by atoms with van der Waals surface area (Å²) in [4.78, 5) is 20.9. The van der Waals surface area contributed by atoms with E-state index in [2.05, 4.69) is 25.5 Å². The van der Waals surface area contributed by atoms with Gasteiger partial charge in [-0.1, -0.05) is 0 Å². The lowest BCUT2D eigenvalue weighted by Crippen LogP contribution is -2.26. The van der Waals surface area contributed by atoms with Crippen LogP contribution in [-0.2, 0) is 13.6 Å². The molecule has 3 heterocycles. The van der Waals surface area contributed by atoms with Gasteiger partial charge in [-0.25, -0.2) is 19.0 Å². The number of aromatic nitrogens is 6. The monoisotopic (exact) mass is 379 g/mol. The predicted octanol–water partition coefficient (Wildman–Crippen LogP) is 2.15. The number of rotatable bonds is 5. The molecular formula is C19H18FN7O. The van der Waals surface area contributed by atoms with Gasteiger partial charge in [-0.15, -0.1) is 0 Å². The molecule has 0 fully saturated rings. The van der Waals surface area contributed by atoms with Crippen molar-refractivity contribution in [2.24, 2.45) is 7.05 Å². The predicted molar refractivity (Wildman–Crippen MR) is 103 cm³/mol. The lowest BCUT2D eigenvalue weighted by molar-refractivity contribution is 0.600. The zero-order valence-corrected chi connectivity index (χ0v) is 15.4. The van der Waals surface area contributed by atoms with Gasteiger partial charge in [-0.05, 0) is 37.3 Å². The van der Waals surface area contributed by atoms with Crippen LogP contribution >= 0.6 is 0 Å². The molecule has 4 rings (SSSR count). The molecule has 4 aromatic rings. The highest BCUT2D eigenvalue weighted by Gasteiger charge is 2.10. The molecular weight excluding hydrogens is 361 g/mol. The van der Waals surface area contributed by atoms with Crippen LogP contribution in [0.5, 0.6) is 0 Å². The Labute approximate surface area is 159 Å². The van der Waals surface area contributed by atoms with Crippen LogP contribution in [0.15, 0.2) is 47.4 Å². The van der Waals surface area contributed by atoms with Gasteiger partial charge >= 0.3 is 0 Å². The van der Waals surface area contributed by atoms with Crippen molar-refractivity contribution in [1.29, 1.82) is 0 Å². The molecule has 0 spiro atoms. The number of benzene rings is 1. The van der Waals surface area contributed by atoms with E-state index in [1.807, 2.05) is 14.0 Å². The SMILES string of the molecule is Cc1nc(NCCn2nc(-c3ccc(F)cc3)ccc2=O)c2cnn(C)c2n1. The first-order valence-electron chi connectivity index (χ1n) is 8.75. The van der Waals surface area contributed by atoms with E-state index in [4.69, 9.17) is 0 Å². The Kier molecular flexibility index (Phi) is 4.56. The van der Waals surface area contributed by atoms with Crippen molar-refractivity contribution < 1.29 is 4.39 Å². The average molecular weight is 379 g/mol.